The molecule has 0 unspecified atom stereocenters. The Morgan fingerprint density at radius 1 is 1.15 bits per heavy atom. The molecule has 3 rings (SSSR count). The molecule has 2 N–H and O–H groups in total. The highest BCUT2D eigenvalue weighted by Gasteiger charge is 2.20. The van der Waals surface area contributed by atoms with Crippen LogP contribution < -0.4 is 0 Å². The number of halogens is 2. The minimum Gasteiger partial charge on any atom is -0.394 e. The molecular weight excluding hydrogens is 393 g/mol. The maximum atomic E-state index is 9.67. The van der Waals surface area contributed by atoms with E-state index in [1.165, 1.54) is 11.8 Å². The van der Waals surface area contributed by atoms with E-state index >= 15 is 0 Å². The Hall–Kier alpha value is -1.57. The lowest BCUT2D eigenvalue weighted by Gasteiger charge is -2.14. The molecule has 5 nitrogen and oxygen atoms in total. The molecule has 2 aromatic carbocycles. The molecule has 136 valence electrons. The van der Waals surface area contributed by atoms with Gasteiger partial charge in [0.15, 0.2) is 11.0 Å². The molecule has 0 radical (unpaired) electrons. The van der Waals surface area contributed by atoms with Crippen LogP contribution in [0.1, 0.15) is 5.56 Å². The van der Waals surface area contributed by atoms with Gasteiger partial charge < -0.3 is 10.2 Å². The minimum absolute atomic E-state index is 0.300. The van der Waals surface area contributed by atoms with Crippen LogP contribution in [0.3, 0.4) is 0 Å². The molecule has 0 spiro atoms. The first-order valence-electron chi connectivity index (χ1n) is 7.90. The quantitative estimate of drug-likeness (QED) is 0.602. The molecule has 0 saturated carbocycles. The first-order chi connectivity index (χ1) is 12.5. The molecular formula is C18H17Cl2N3O2S. The van der Waals surface area contributed by atoms with Crippen molar-refractivity contribution in [1.82, 2.24) is 14.8 Å². The molecule has 0 saturated heterocycles. The summed E-state index contributed by atoms with van der Waals surface area (Å²) < 4.78 is 1.90. The van der Waals surface area contributed by atoms with Gasteiger partial charge in [0.1, 0.15) is 0 Å². The average Bonchev–Trinajstić information content (AvgIpc) is 3.03. The summed E-state index contributed by atoms with van der Waals surface area (Å²) in [5.41, 5.74) is 2.67. The molecule has 1 aromatic heterocycles. The Balaban J connectivity index is 2.13. The zero-order valence-electron chi connectivity index (χ0n) is 13.9. The summed E-state index contributed by atoms with van der Waals surface area (Å²) in [6, 6.07) is 13.1. The minimum atomic E-state index is -0.829. The normalized spacial score (nSPS) is 12.3. The van der Waals surface area contributed by atoms with E-state index in [1.807, 2.05) is 35.8 Å². The molecule has 0 bridgehead atoms. The summed E-state index contributed by atoms with van der Waals surface area (Å²) >= 11 is 13.7. The highest BCUT2D eigenvalue weighted by atomic mass is 35.5. The van der Waals surface area contributed by atoms with E-state index in [2.05, 4.69) is 10.2 Å². The third-order valence-corrected chi connectivity index (χ3v) is 5.40. The molecule has 0 fully saturated rings. The van der Waals surface area contributed by atoms with Crippen molar-refractivity contribution in [2.75, 3.05) is 12.4 Å². The van der Waals surface area contributed by atoms with E-state index < -0.39 is 6.10 Å². The molecule has 26 heavy (non-hydrogen) atoms. The SMILES string of the molecule is Cc1ccccc1-n1c(SC[C@@H](O)CO)nnc1-c1ccc(Cl)cc1Cl. The third kappa shape index (κ3) is 4.05. The van der Waals surface area contributed by atoms with Crippen LogP contribution in [0.2, 0.25) is 10.0 Å². The Labute approximate surface area is 165 Å². The number of thioether (sulfide) groups is 1. The van der Waals surface area contributed by atoms with Crippen LogP contribution in [-0.2, 0) is 0 Å². The molecule has 0 aliphatic carbocycles. The number of hydrogen-bond acceptors (Lipinski definition) is 5. The summed E-state index contributed by atoms with van der Waals surface area (Å²) in [4.78, 5) is 0. The van der Waals surface area contributed by atoms with Gasteiger partial charge in [-0.1, -0.05) is 53.2 Å². The zero-order valence-corrected chi connectivity index (χ0v) is 16.3. The van der Waals surface area contributed by atoms with Gasteiger partial charge in [-0.05, 0) is 36.8 Å². The summed E-state index contributed by atoms with van der Waals surface area (Å²) in [5, 5.41) is 28.9. The van der Waals surface area contributed by atoms with Crippen molar-refractivity contribution in [2.45, 2.75) is 18.2 Å². The van der Waals surface area contributed by atoms with Gasteiger partial charge in [0.25, 0.3) is 0 Å². The molecule has 0 aliphatic heterocycles. The van der Waals surface area contributed by atoms with Crippen molar-refractivity contribution in [3.05, 3.63) is 58.1 Å². The van der Waals surface area contributed by atoms with Gasteiger partial charge in [-0.25, -0.2) is 0 Å². The van der Waals surface area contributed by atoms with Crippen molar-refractivity contribution >= 4 is 35.0 Å². The molecule has 0 aliphatic rings. The van der Waals surface area contributed by atoms with Crippen LogP contribution in [0.5, 0.6) is 0 Å². The largest absolute Gasteiger partial charge is 0.394 e. The highest BCUT2D eigenvalue weighted by Crippen LogP contribution is 2.34. The number of nitrogens with zero attached hydrogens (tertiary/aromatic N) is 3. The van der Waals surface area contributed by atoms with Crippen LogP contribution in [0.15, 0.2) is 47.6 Å². The van der Waals surface area contributed by atoms with Gasteiger partial charge >= 0.3 is 0 Å². The molecule has 8 heteroatoms. The number of para-hydroxylation sites is 1. The summed E-state index contributed by atoms with van der Waals surface area (Å²) in [5.74, 6) is 0.886. The molecule has 1 heterocycles. The van der Waals surface area contributed by atoms with E-state index in [4.69, 9.17) is 28.3 Å². The Bertz CT molecular complexity index is 917. The van der Waals surface area contributed by atoms with Crippen LogP contribution >= 0.6 is 35.0 Å². The second-order valence-electron chi connectivity index (χ2n) is 5.70. The van der Waals surface area contributed by atoms with Crippen molar-refractivity contribution < 1.29 is 10.2 Å². The summed E-state index contributed by atoms with van der Waals surface area (Å²) in [7, 11) is 0. The summed E-state index contributed by atoms with van der Waals surface area (Å²) in [6.45, 7) is 1.70. The summed E-state index contributed by atoms with van der Waals surface area (Å²) in [6.07, 6.45) is -0.829. The molecule has 3 aromatic rings. The second-order valence-corrected chi connectivity index (χ2v) is 7.53. The fraction of sp³-hybridized carbons (Fsp3) is 0.222. The maximum Gasteiger partial charge on any atom is 0.196 e. The number of benzene rings is 2. The van der Waals surface area contributed by atoms with E-state index in [0.29, 0.717) is 32.3 Å². The number of aryl methyl sites for hydroxylation is 1. The van der Waals surface area contributed by atoms with Gasteiger partial charge in [-0.3, -0.25) is 4.57 Å². The van der Waals surface area contributed by atoms with E-state index in [1.54, 1.807) is 18.2 Å². The number of aliphatic hydroxyl groups is 2. The molecule has 0 amide bonds. The fourth-order valence-electron chi connectivity index (χ4n) is 2.46. The molecule has 1 atom stereocenters. The van der Waals surface area contributed by atoms with Crippen molar-refractivity contribution in [3.8, 4) is 17.1 Å². The zero-order chi connectivity index (χ0) is 18.7. The second kappa shape index (κ2) is 8.41. The van der Waals surface area contributed by atoms with Gasteiger partial charge in [0.2, 0.25) is 0 Å². The van der Waals surface area contributed by atoms with Crippen molar-refractivity contribution in [1.29, 1.82) is 0 Å². The first-order valence-corrected chi connectivity index (χ1v) is 9.64. The van der Waals surface area contributed by atoms with Crippen LogP contribution in [-0.4, -0.2) is 43.4 Å². The van der Waals surface area contributed by atoms with E-state index in [0.717, 1.165) is 11.3 Å². The number of aliphatic hydroxyl groups excluding tert-OH is 2. The van der Waals surface area contributed by atoms with Crippen LogP contribution in [0, 0.1) is 6.92 Å². The average molecular weight is 410 g/mol. The smallest absolute Gasteiger partial charge is 0.196 e. The predicted octanol–water partition coefficient (Wildman–Crippen LogP) is 3.99. The topological polar surface area (TPSA) is 71.2 Å². The number of aromatic nitrogens is 3. The van der Waals surface area contributed by atoms with Gasteiger partial charge in [-0.2, -0.15) is 0 Å². The van der Waals surface area contributed by atoms with Gasteiger partial charge in [0, 0.05) is 16.3 Å². The lowest BCUT2D eigenvalue weighted by atomic mass is 10.1. The lowest BCUT2D eigenvalue weighted by Crippen LogP contribution is -2.15. The Morgan fingerprint density at radius 3 is 2.62 bits per heavy atom. The van der Waals surface area contributed by atoms with Crippen molar-refractivity contribution in [3.63, 3.8) is 0 Å². The van der Waals surface area contributed by atoms with Gasteiger partial charge in [0.05, 0.1) is 23.4 Å². The Kier molecular flexibility index (Phi) is 6.21. The van der Waals surface area contributed by atoms with Crippen molar-refractivity contribution in [2.24, 2.45) is 0 Å². The number of hydrogen-bond donors (Lipinski definition) is 2. The van der Waals surface area contributed by atoms with E-state index in [9.17, 15) is 5.11 Å². The van der Waals surface area contributed by atoms with Gasteiger partial charge in [-0.15, -0.1) is 10.2 Å². The standard InChI is InChI=1S/C18H17Cl2N3O2S/c1-11-4-2-3-5-16(11)23-17(14-7-6-12(19)8-15(14)20)21-22-18(23)26-10-13(25)9-24/h2-8,13,24-25H,9-10H2,1H3/t13-/m0/s1. The fourth-order valence-corrected chi connectivity index (χ4v) is 3.82. The Morgan fingerprint density at radius 2 is 1.92 bits per heavy atom. The first kappa shape index (κ1) is 19.2. The third-order valence-electron chi connectivity index (χ3n) is 3.78. The lowest BCUT2D eigenvalue weighted by molar-refractivity contribution is 0.113. The predicted molar refractivity (Wildman–Crippen MR) is 105 cm³/mol. The monoisotopic (exact) mass is 409 g/mol. The van der Waals surface area contributed by atoms with E-state index in [-0.39, 0.29) is 6.61 Å². The highest BCUT2D eigenvalue weighted by molar-refractivity contribution is 7.99. The van der Waals surface area contributed by atoms with Crippen LogP contribution in [0.4, 0.5) is 0 Å². The number of rotatable bonds is 6. The van der Waals surface area contributed by atoms with Crippen LogP contribution in [0.25, 0.3) is 17.1 Å². The maximum absolute atomic E-state index is 9.67.